The fourth-order valence-corrected chi connectivity index (χ4v) is 4.71. The van der Waals surface area contributed by atoms with Gasteiger partial charge in [-0.1, -0.05) is 0 Å². The highest BCUT2D eigenvalue weighted by atomic mass is 32.2. The van der Waals surface area contributed by atoms with Crippen LogP contribution in [0.2, 0.25) is 6.04 Å². The summed E-state index contributed by atoms with van der Waals surface area (Å²) in [4.78, 5) is 9.89. The van der Waals surface area contributed by atoms with E-state index in [9.17, 15) is 4.79 Å². The van der Waals surface area contributed by atoms with Gasteiger partial charge in [0.2, 0.25) is 6.08 Å². The van der Waals surface area contributed by atoms with Crippen molar-refractivity contribution in [1.82, 2.24) is 0 Å². The second kappa shape index (κ2) is 10.9. The van der Waals surface area contributed by atoms with Crippen LogP contribution in [0.3, 0.4) is 0 Å². The summed E-state index contributed by atoms with van der Waals surface area (Å²) in [6.45, 7) is 7.57. The molecule has 0 atom stereocenters. The highest BCUT2D eigenvalue weighted by Gasteiger charge is 2.39. The molecule has 0 rings (SSSR count). The van der Waals surface area contributed by atoms with Crippen molar-refractivity contribution in [2.24, 2.45) is 4.40 Å². The number of hydrogen-bond donors (Lipinski definition) is 0. The van der Waals surface area contributed by atoms with Crippen LogP contribution in [0.15, 0.2) is 4.40 Å². The zero-order valence-electron chi connectivity index (χ0n) is 10.7. The average Bonchev–Trinajstić information content (AvgIpc) is 2.30. The largest absolute Gasteiger partial charge is 0.500 e. The molecule has 5 nitrogen and oxygen atoms in total. The molecule has 0 fully saturated rings. The van der Waals surface area contributed by atoms with Crippen molar-refractivity contribution in [2.75, 3.05) is 25.6 Å². The van der Waals surface area contributed by atoms with Crippen molar-refractivity contribution in [3.8, 4) is 0 Å². The Morgan fingerprint density at radius 1 is 1.12 bits per heavy atom. The lowest BCUT2D eigenvalue weighted by Gasteiger charge is -2.28. The highest BCUT2D eigenvalue weighted by Crippen LogP contribution is 2.19. The van der Waals surface area contributed by atoms with Crippen LogP contribution in [-0.2, 0) is 18.1 Å². The van der Waals surface area contributed by atoms with Gasteiger partial charge < -0.3 is 13.3 Å². The summed E-state index contributed by atoms with van der Waals surface area (Å²) in [7, 11) is -2.51. The van der Waals surface area contributed by atoms with Crippen LogP contribution in [0.5, 0.6) is 0 Å². The maximum atomic E-state index is 9.89. The standard InChI is InChI=1S/C10H21NO4SSi/c1-4-13-17(14-5-2,15-6-3)9-7-8-16-11-10-12/h4-9H2,1-3H3. The molecule has 0 aromatic heterocycles. The van der Waals surface area contributed by atoms with E-state index in [2.05, 4.69) is 4.40 Å². The Bertz CT molecular complexity index is 219. The van der Waals surface area contributed by atoms with E-state index in [0.717, 1.165) is 18.2 Å². The van der Waals surface area contributed by atoms with Crippen LogP contribution in [0.1, 0.15) is 27.2 Å². The molecule has 0 bridgehead atoms. The van der Waals surface area contributed by atoms with Gasteiger partial charge in [0.05, 0.1) is 0 Å². The lowest BCUT2D eigenvalue weighted by Crippen LogP contribution is -2.46. The molecule has 0 aliphatic rings. The minimum absolute atomic E-state index is 0.589. The van der Waals surface area contributed by atoms with Gasteiger partial charge in [-0.25, -0.2) is 4.79 Å². The molecule has 0 amide bonds. The third-order valence-electron chi connectivity index (χ3n) is 1.91. The average molecular weight is 279 g/mol. The summed E-state index contributed by atoms with van der Waals surface area (Å²) in [6, 6.07) is 0.754. The molecule has 0 heterocycles. The fraction of sp³-hybridized carbons (Fsp3) is 0.900. The van der Waals surface area contributed by atoms with Crippen LogP contribution < -0.4 is 0 Å². The molecule has 17 heavy (non-hydrogen) atoms. The van der Waals surface area contributed by atoms with E-state index < -0.39 is 8.80 Å². The second-order valence-electron chi connectivity index (χ2n) is 3.10. The van der Waals surface area contributed by atoms with Gasteiger partial charge >= 0.3 is 8.80 Å². The van der Waals surface area contributed by atoms with Gasteiger partial charge in [0.15, 0.2) is 0 Å². The van der Waals surface area contributed by atoms with E-state index in [0.29, 0.717) is 19.8 Å². The predicted octanol–water partition coefficient (Wildman–Crippen LogP) is 2.41. The van der Waals surface area contributed by atoms with Crippen LogP contribution in [0, 0.1) is 0 Å². The molecule has 0 unspecified atom stereocenters. The van der Waals surface area contributed by atoms with E-state index >= 15 is 0 Å². The van der Waals surface area contributed by atoms with Crippen molar-refractivity contribution < 1.29 is 18.1 Å². The highest BCUT2D eigenvalue weighted by molar-refractivity contribution is 7.98. The van der Waals surface area contributed by atoms with E-state index in [1.165, 1.54) is 18.0 Å². The Kier molecular flexibility index (Phi) is 10.8. The first-order chi connectivity index (χ1) is 8.24. The number of isocyanates is 1. The van der Waals surface area contributed by atoms with Gasteiger partial charge in [-0.15, -0.1) is 4.40 Å². The summed E-state index contributed by atoms with van der Waals surface area (Å²) >= 11 is 1.21. The molecule has 7 heteroatoms. The van der Waals surface area contributed by atoms with Crippen molar-refractivity contribution in [1.29, 1.82) is 0 Å². The summed E-state index contributed by atoms with van der Waals surface area (Å²) in [5, 5.41) is 0. The second-order valence-corrected chi connectivity index (χ2v) is 6.68. The molecule has 0 aromatic carbocycles. The minimum Gasteiger partial charge on any atom is -0.374 e. The van der Waals surface area contributed by atoms with Crippen molar-refractivity contribution in [3.05, 3.63) is 0 Å². The Balaban J connectivity index is 4.17. The first-order valence-corrected chi connectivity index (χ1v) is 8.73. The first kappa shape index (κ1) is 16.8. The summed E-state index contributed by atoms with van der Waals surface area (Å²) in [5.74, 6) is 0.747. The lowest BCUT2D eigenvalue weighted by atomic mass is 10.6. The van der Waals surface area contributed by atoms with E-state index in [-0.39, 0.29) is 0 Å². The maximum absolute atomic E-state index is 9.89. The Morgan fingerprint density at radius 3 is 2.06 bits per heavy atom. The Labute approximate surface area is 108 Å². The van der Waals surface area contributed by atoms with Gasteiger partial charge in [0.25, 0.3) is 0 Å². The van der Waals surface area contributed by atoms with Gasteiger partial charge in [-0.3, -0.25) is 0 Å². The van der Waals surface area contributed by atoms with Crippen LogP contribution in [-0.4, -0.2) is 40.5 Å². The molecule has 0 saturated carbocycles. The van der Waals surface area contributed by atoms with E-state index in [1.54, 1.807) is 0 Å². The monoisotopic (exact) mass is 279 g/mol. The molecule has 0 N–H and O–H groups in total. The zero-order chi connectivity index (χ0) is 13.0. The molecule has 100 valence electrons. The van der Waals surface area contributed by atoms with Gasteiger partial charge in [-0.05, 0) is 39.1 Å². The molecule has 0 spiro atoms. The molecule has 0 saturated heterocycles. The summed E-state index contributed by atoms with van der Waals surface area (Å²) < 4.78 is 20.5. The van der Waals surface area contributed by atoms with Crippen molar-refractivity contribution >= 4 is 26.8 Å². The number of nitrogens with zero attached hydrogens (tertiary/aromatic N) is 1. The number of carbonyl (C=O) groups excluding carboxylic acids is 1. The molecule has 0 aliphatic carbocycles. The molecule has 0 radical (unpaired) electrons. The third kappa shape index (κ3) is 7.70. The van der Waals surface area contributed by atoms with Crippen LogP contribution >= 0.6 is 11.9 Å². The van der Waals surface area contributed by atoms with E-state index in [4.69, 9.17) is 13.3 Å². The predicted molar refractivity (Wildman–Crippen MR) is 70.6 cm³/mol. The first-order valence-electron chi connectivity index (χ1n) is 5.85. The Hall–Kier alpha value is -0.173. The summed E-state index contributed by atoms with van der Waals surface area (Å²) in [6.07, 6.45) is 2.35. The lowest BCUT2D eigenvalue weighted by molar-refractivity contribution is 0.0712. The van der Waals surface area contributed by atoms with Crippen molar-refractivity contribution in [3.63, 3.8) is 0 Å². The number of rotatable bonds is 11. The van der Waals surface area contributed by atoms with Gasteiger partial charge in [0.1, 0.15) is 0 Å². The molecule has 0 aliphatic heterocycles. The normalized spacial score (nSPS) is 11.2. The Morgan fingerprint density at radius 2 is 1.65 bits per heavy atom. The maximum Gasteiger partial charge on any atom is 0.500 e. The van der Waals surface area contributed by atoms with Gasteiger partial charge in [-0.2, -0.15) is 0 Å². The zero-order valence-corrected chi connectivity index (χ0v) is 12.5. The van der Waals surface area contributed by atoms with Crippen LogP contribution in [0.25, 0.3) is 0 Å². The quantitative estimate of drug-likeness (QED) is 0.191. The molecular weight excluding hydrogens is 258 g/mol. The van der Waals surface area contributed by atoms with Crippen LogP contribution in [0.4, 0.5) is 0 Å². The topological polar surface area (TPSA) is 57.1 Å². The molecular formula is C10H21NO4SSi. The van der Waals surface area contributed by atoms with Crippen molar-refractivity contribution in [2.45, 2.75) is 33.2 Å². The number of hydrogen-bond acceptors (Lipinski definition) is 6. The minimum atomic E-state index is -2.51. The fourth-order valence-electron chi connectivity index (χ4n) is 1.43. The summed E-state index contributed by atoms with van der Waals surface area (Å²) in [5.41, 5.74) is 0. The van der Waals surface area contributed by atoms with Gasteiger partial charge in [0, 0.05) is 31.6 Å². The smallest absolute Gasteiger partial charge is 0.374 e. The SMILES string of the molecule is CCO[Si](CCCSN=C=O)(OCC)OCC. The third-order valence-corrected chi connectivity index (χ3v) is 5.74. The molecule has 0 aromatic rings. The van der Waals surface area contributed by atoms with E-state index in [1.807, 2.05) is 20.8 Å².